The van der Waals surface area contributed by atoms with Crippen LogP contribution in [0.3, 0.4) is 0 Å². The molecule has 0 fully saturated rings. The van der Waals surface area contributed by atoms with Gasteiger partial charge >= 0.3 is 0 Å². The van der Waals surface area contributed by atoms with E-state index in [1.165, 1.54) is 6.92 Å². The Morgan fingerprint density at radius 1 is 1.54 bits per heavy atom. The summed E-state index contributed by atoms with van der Waals surface area (Å²) in [5, 5.41) is 2.75. The van der Waals surface area contributed by atoms with Gasteiger partial charge in [0.05, 0.1) is 0 Å². The van der Waals surface area contributed by atoms with Crippen molar-refractivity contribution in [3.05, 3.63) is 35.9 Å². The van der Waals surface area contributed by atoms with Gasteiger partial charge in [0.1, 0.15) is 0 Å². The molecule has 1 N–H and O–H groups in total. The summed E-state index contributed by atoms with van der Waals surface area (Å²) in [5.74, 6) is -0.0614. The summed E-state index contributed by atoms with van der Waals surface area (Å²) in [6.07, 6.45) is 1.75. The smallest absolute Gasteiger partial charge is 0.221 e. The average Bonchev–Trinajstić information content (AvgIpc) is 2.03. The van der Waals surface area contributed by atoms with Crippen LogP contribution in [0, 0.1) is 6.92 Å². The van der Waals surface area contributed by atoms with Gasteiger partial charge in [0.2, 0.25) is 5.91 Å². The lowest BCUT2D eigenvalue weighted by Gasteiger charge is -2.08. The van der Waals surface area contributed by atoms with E-state index in [-0.39, 0.29) is 5.91 Å². The number of nitrogens with one attached hydrogen (secondary N) is 1. The van der Waals surface area contributed by atoms with Crippen molar-refractivity contribution in [3.63, 3.8) is 0 Å². The predicted octanol–water partition coefficient (Wildman–Crippen LogP) is 2.60. The summed E-state index contributed by atoms with van der Waals surface area (Å²) < 4.78 is 0. The van der Waals surface area contributed by atoms with Gasteiger partial charge in [-0.3, -0.25) is 4.79 Å². The van der Waals surface area contributed by atoms with Gasteiger partial charge in [0.25, 0.3) is 0 Å². The molecule has 0 heterocycles. The van der Waals surface area contributed by atoms with E-state index < -0.39 is 0 Å². The molecule has 0 spiro atoms. The molecule has 0 aliphatic carbocycles. The maximum absolute atomic E-state index is 10.8. The fourth-order valence-corrected chi connectivity index (χ4v) is 1.25. The first-order chi connectivity index (χ1) is 6.15. The van der Waals surface area contributed by atoms with Crippen LogP contribution in [-0.4, -0.2) is 5.91 Å². The van der Waals surface area contributed by atoms with Gasteiger partial charge < -0.3 is 5.32 Å². The summed E-state index contributed by atoms with van der Waals surface area (Å²) in [7, 11) is 0. The highest BCUT2D eigenvalue weighted by molar-refractivity contribution is 5.91. The van der Waals surface area contributed by atoms with Gasteiger partial charge in [0.15, 0.2) is 0 Å². The quantitative estimate of drug-likeness (QED) is 0.735. The minimum atomic E-state index is -0.0614. The van der Waals surface area contributed by atoms with Crippen molar-refractivity contribution in [2.45, 2.75) is 13.8 Å². The number of hydrogen-bond donors (Lipinski definition) is 1. The molecule has 2 nitrogen and oxygen atoms in total. The van der Waals surface area contributed by atoms with Crippen LogP contribution in [0.5, 0.6) is 0 Å². The van der Waals surface area contributed by atoms with E-state index in [2.05, 4.69) is 11.9 Å². The second-order valence-corrected chi connectivity index (χ2v) is 2.92. The van der Waals surface area contributed by atoms with E-state index in [1.807, 2.05) is 25.1 Å². The molecule has 0 radical (unpaired) electrons. The van der Waals surface area contributed by atoms with Crippen LogP contribution in [-0.2, 0) is 4.79 Å². The van der Waals surface area contributed by atoms with Gasteiger partial charge in [-0.25, -0.2) is 0 Å². The van der Waals surface area contributed by atoms with Crippen LogP contribution in [0.25, 0.3) is 6.08 Å². The van der Waals surface area contributed by atoms with E-state index in [0.717, 1.165) is 16.8 Å². The van der Waals surface area contributed by atoms with Crippen LogP contribution in [0.1, 0.15) is 18.1 Å². The lowest BCUT2D eigenvalue weighted by Crippen LogP contribution is -2.07. The molecular weight excluding hydrogens is 162 g/mol. The fraction of sp³-hybridized carbons (Fsp3) is 0.182. The highest BCUT2D eigenvalue weighted by atomic mass is 16.1. The molecule has 0 bridgehead atoms. The summed E-state index contributed by atoms with van der Waals surface area (Å²) in [6, 6.07) is 5.77. The van der Waals surface area contributed by atoms with E-state index in [0.29, 0.717) is 0 Å². The zero-order chi connectivity index (χ0) is 9.84. The van der Waals surface area contributed by atoms with Crippen molar-refractivity contribution in [2.24, 2.45) is 0 Å². The molecule has 0 saturated heterocycles. The van der Waals surface area contributed by atoms with Crippen molar-refractivity contribution >= 4 is 17.7 Å². The van der Waals surface area contributed by atoms with Crippen LogP contribution in [0.2, 0.25) is 0 Å². The predicted molar refractivity (Wildman–Crippen MR) is 55.6 cm³/mol. The minimum absolute atomic E-state index is 0.0614. The van der Waals surface area contributed by atoms with Crippen molar-refractivity contribution in [1.82, 2.24) is 0 Å². The van der Waals surface area contributed by atoms with E-state index in [9.17, 15) is 4.79 Å². The van der Waals surface area contributed by atoms with Gasteiger partial charge in [-0.2, -0.15) is 0 Å². The topological polar surface area (TPSA) is 29.1 Å². The molecule has 1 aromatic carbocycles. The molecule has 2 heteroatoms. The molecule has 68 valence electrons. The second-order valence-electron chi connectivity index (χ2n) is 2.92. The SMILES string of the molecule is C=Cc1c(C)cccc1NC(C)=O. The van der Waals surface area contributed by atoms with E-state index in [4.69, 9.17) is 0 Å². The van der Waals surface area contributed by atoms with Crippen LogP contribution in [0.4, 0.5) is 5.69 Å². The Morgan fingerprint density at radius 3 is 2.77 bits per heavy atom. The number of carbonyl (C=O) groups excluding carboxylic acids is 1. The lowest BCUT2D eigenvalue weighted by molar-refractivity contribution is -0.114. The molecule has 0 aromatic heterocycles. The Hall–Kier alpha value is -1.57. The number of benzene rings is 1. The van der Waals surface area contributed by atoms with Crippen molar-refractivity contribution in [2.75, 3.05) is 5.32 Å². The number of rotatable bonds is 2. The van der Waals surface area contributed by atoms with Gasteiger partial charge in [0, 0.05) is 18.2 Å². The molecule has 1 rings (SSSR count). The number of anilines is 1. The average molecular weight is 175 g/mol. The van der Waals surface area contributed by atoms with Gasteiger partial charge in [-0.05, 0) is 18.6 Å². The fourth-order valence-electron chi connectivity index (χ4n) is 1.25. The van der Waals surface area contributed by atoms with Crippen LogP contribution < -0.4 is 5.32 Å². The molecule has 0 aliphatic heterocycles. The zero-order valence-electron chi connectivity index (χ0n) is 7.92. The van der Waals surface area contributed by atoms with Crippen LogP contribution in [0.15, 0.2) is 24.8 Å². The van der Waals surface area contributed by atoms with E-state index >= 15 is 0 Å². The second kappa shape index (κ2) is 3.90. The monoisotopic (exact) mass is 175 g/mol. The maximum Gasteiger partial charge on any atom is 0.221 e. The number of hydrogen-bond acceptors (Lipinski definition) is 1. The third kappa shape index (κ3) is 2.18. The lowest BCUT2D eigenvalue weighted by atomic mass is 10.1. The van der Waals surface area contributed by atoms with Gasteiger partial charge in [-0.1, -0.05) is 24.8 Å². The Labute approximate surface area is 78.3 Å². The molecule has 0 saturated carbocycles. The van der Waals surface area contributed by atoms with Crippen LogP contribution >= 0.6 is 0 Å². The summed E-state index contributed by atoms with van der Waals surface area (Å²) in [4.78, 5) is 10.8. The van der Waals surface area contributed by atoms with E-state index in [1.54, 1.807) is 6.08 Å². The number of aryl methyl sites for hydroxylation is 1. The minimum Gasteiger partial charge on any atom is -0.326 e. The number of amides is 1. The third-order valence-electron chi connectivity index (χ3n) is 1.84. The Kier molecular flexibility index (Phi) is 2.85. The first kappa shape index (κ1) is 9.52. The molecule has 0 unspecified atom stereocenters. The zero-order valence-corrected chi connectivity index (χ0v) is 7.92. The standard InChI is InChI=1S/C11H13NO/c1-4-10-8(2)6-5-7-11(10)12-9(3)13/h4-7H,1H2,2-3H3,(H,12,13). The number of carbonyl (C=O) groups is 1. The largest absolute Gasteiger partial charge is 0.326 e. The Bertz CT molecular complexity index is 342. The molecule has 1 amide bonds. The molecule has 0 aliphatic rings. The maximum atomic E-state index is 10.8. The molecule has 0 atom stereocenters. The normalized spacial score (nSPS) is 9.38. The highest BCUT2D eigenvalue weighted by Gasteiger charge is 2.02. The summed E-state index contributed by atoms with van der Waals surface area (Å²) in [5.41, 5.74) is 2.92. The Morgan fingerprint density at radius 2 is 2.23 bits per heavy atom. The van der Waals surface area contributed by atoms with Crippen molar-refractivity contribution in [3.8, 4) is 0 Å². The molecule has 1 aromatic rings. The molecular formula is C11H13NO. The highest BCUT2D eigenvalue weighted by Crippen LogP contribution is 2.20. The first-order valence-corrected chi connectivity index (χ1v) is 4.15. The van der Waals surface area contributed by atoms with Crippen molar-refractivity contribution < 1.29 is 4.79 Å². The van der Waals surface area contributed by atoms with Crippen molar-refractivity contribution in [1.29, 1.82) is 0 Å². The Balaban J connectivity index is 3.12. The summed E-state index contributed by atoms with van der Waals surface area (Å²) >= 11 is 0. The summed E-state index contributed by atoms with van der Waals surface area (Å²) in [6.45, 7) is 7.19. The van der Waals surface area contributed by atoms with Gasteiger partial charge in [-0.15, -0.1) is 0 Å². The third-order valence-corrected chi connectivity index (χ3v) is 1.84. The first-order valence-electron chi connectivity index (χ1n) is 4.15. The molecule has 13 heavy (non-hydrogen) atoms.